The molecule has 1 fully saturated rings. The summed E-state index contributed by atoms with van der Waals surface area (Å²) in [5.74, 6) is -0.272. The maximum absolute atomic E-state index is 12.2. The highest BCUT2D eigenvalue weighted by atomic mass is 19.4. The van der Waals surface area contributed by atoms with Gasteiger partial charge in [-0.1, -0.05) is 0 Å². The van der Waals surface area contributed by atoms with Crippen LogP contribution in [-0.2, 0) is 4.74 Å². The fraction of sp³-hybridized carbons (Fsp3) is 0.889. The number of halogens is 6. The molecule has 0 heterocycles. The van der Waals surface area contributed by atoms with Crippen LogP contribution in [0, 0.1) is 10.8 Å². The molecule has 3 nitrogen and oxygen atoms in total. The van der Waals surface area contributed by atoms with Crippen molar-refractivity contribution < 1.29 is 31.1 Å². The zero-order chi connectivity index (χ0) is 14.2. The van der Waals surface area contributed by atoms with Crippen molar-refractivity contribution in [1.82, 2.24) is 0 Å². The zero-order valence-electron chi connectivity index (χ0n) is 9.16. The Morgan fingerprint density at radius 2 is 1.61 bits per heavy atom. The monoisotopic (exact) mass is 278 g/mol. The number of amidine groups is 1. The van der Waals surface area contributed by atoms with Crippen molar-refractivity contribution in [3.05, 3.63) is 0 Å². The third kappa shape index (κ3) is 4.04. The van der Waals surface area contributed by atoms with E-state index in [2.05, 4.69) is 4.74 Å². The van der Waals surface area contributed by atoms with Crippen molar-refractivity contribution in [2.45, 2.75) is 37.7 Å². The van der Waals surface area contributed by atoms with E-state index in [4.69, 9.17) is 11.1 Å². The average Bonchev–Trinajstić information content (AvgIpc) is 2.78. The molecule has 106 valence electrons. The van der Waals surface area contributed by atoms with Gasteiger partial charge in [0.25, 0.3) is 0 Å². The molecule has 3 N–H and O–H groups in total. The lowest BCUT2D eigenvalue weighted by Crippen LogP contribution is -2.45. The van der Waals surface area contributed by atoms with E-state index in [9.17, 15) is 26.3 Å². The summed E-state index contributed by atoms with van der Waals surface area (Å²) in [6, 6.07) is 0. The highest BCUT2D eigenvalue weighted by molar-refractivity contribution is 5.78. The van der Waals surface area contributed by atoms with E-state index in [-0.39, 0.29) is 12.3 Å². The molecular formula is C9H12F6N2O. The normalized spacial score (nSPS) is 19.1. The molecule has 1 saturated carbocycles. The van der Waals surface area contributed by atoms with Gasteiger partial charge in [-0.15, -0.1) is 0 Å². The molecule has 18 heavy (non-hydrogen) atoms. The molecule has 0 aromatic carbocycles. The van der Waals surface area contributed by atoms with Crippen LogP contribution >= 0.6 is 0 Å². The van der Waals surface area contributed by atoms with Gasteiger partial charge in [-0.2, -0.15) is 26.3 Å². The van der Waals surface area contributed by atoms with Crippen LogP contribution in [0.15, 0.2) is 0 Å². The summed E-state index contributed by atoms with van der Waals surface area (Å²) in [5.41, 5.74) is 4.25. The number of nitrogens with two attached hydrogens (primary N) is 1. The summed E-state index contributed by atoms with van der Waals surface area (Å²) >= 11 is 0. The van der Waals surface area contributed by atoms with E-state index in [0.29, 0.717) is 12.8 Å². The summed E-state index contributed by atoms with van der Waals surface area (Å²) < 4.78 is 77.0. The summed E-state index contributed by atoms with van der Waals surface area (Å²) in [4.78, 5) is 0. The van der Waals surface area contributed by atoms with Gasteiger partial charge < -0.3 is 10.5 Å². The lowest BCUT2D eigenvalue weighted by atomic mass is 10.0. The minimum absolute atomic E-state index is 0.0462. The van der Waals surface area contributed by atoms with Crippen LogP contribution in [0.5, 0.6) is 0 Å². The zero-order valence-corrected chi connectivity index (χ0v) is 9.16. The van der Waals surface area contributed by atoms with Crippen LogP contribution in [0.1, 0.15) is 19.3 Å². The number of hydrogen-bond acceptors (Lipinski definition) is 2. The second-order valence-electron chi connectivity index (χ2n) is 4.48. The molecule has 0 atom stereocenters. The molecule has 0 unspecified atom stereocenters. The first-order valence-corrected chi connectivity index (χ1v) is 5.04. The average molecular weight is 278 g/mol. The summed E-state index contributed by atoms with van der Waals surface area (Å²) in [5, 5.41) is 7.00. The predicted octanol–water partition coefficient (Wildman–Crippen LogP) is 2.60. The Bertz CT molecular complexity index is 306. The Balaban J connectivity index is 2.62. The van der Waals surface area contributed by atoms with Gasteiger partial charge in [0.15, 0.2) is 0 Å². The maximum Gasteiger partial charge on any atom is 0.423 e. The van der Waals surface area contributed by atoms with E-state index in [1.165, 1.54) is 0 Å². The number of rotatable bonds is 5. The van der Waals surface area contributed by atoms with E-state index in [1.807, 2.05) is 0 Å². The molecule has 0 bridgehead atoms. The van der Waals surface area contributed by atoms with Crippen molar-refractivity contribution in [2.75, 3.05) is 6.61 Å². The SMILES string of the molecule is N=C(N)CC1(COC(C(F)(F)F)C(F)(F)F)CC1. The van der Waals surface area contributed by atoms with Crippen molar-refractivity contribution >= 4 is 5.84 Å². The first-order valence-electron chi connectivity index (χ1n) is 5.04. The Morgan fingerprint density at radius 1 is 1.17 bits per heavy atom. The standard InChI is InChI=1S/C9H12F6N2O/c10-8(11,12)6(9(13,14)15)18-4-7(1-2-7)3-5(16)17/h6H,1-4H2,(H3,16,17). The smallest absolute Gasteiger partial charge is 0.388 e. The fourth-order valence-corrected chi connectivity index (χ4v) is 1.59. The van der Waals surface area contributed by atoms with E-state index < -0.39 is 30.5 Å². The summed E-state index contributed by atoms with van der Waals surface area (Å²) in [6.45, 7) is -0.698. The maximum atomic E-state index is 12.2. The third-order valence-corrected chi connectivity index (χ3v) is 2.67. The molecule has 1 aliphatic rings. The minimum atomic E-state index is -5.50. The van der Waals surface area contributed by atoms with Gasteiger partial charge in [-0.3, -0.25) is 5.41 Å². The lowest BCUT2D eigenvalue weighted by Gasteiger charge is -2.25. The van der Waals surface area contributed by atoms with Gasteiger partial charge >= 0.3 is 12.4 Å². The Kier molecular flexibility index (Phi) is 3.85. The van der Waals surface area contributed by atoms with Crippen LogP contribution < -0.4 is 5.73 Å². The molecule has 1 aliphatic carbocycles. The van der Waals surface area contributed by atoms with E-state index >= 15 is 0 Å². The van der Waals surface area contributed by atoms with Gasteiger partial charge in [0, 0.05) is 11.8 Å². The molecule has 0 spiro atoms. The number of hydrogen-bond donors (Lipinski definition) is 2. The van der Waals surface area contributed by atoms with Crippen LogP contribution in [0.3, 0.4) is 0 Å². The quantitative estimate of drug-likeness (QED) is 0.461. The molecule has 0 amide bonds. The minimum Gasteiger partial charge on any atom is -0.388 e. The Morgan fingerprint density at radius 3 is 1.89 bits per heavy atom. The van der Waals surface area contributed by atoms with Crippen molar-refractivity contribution in [2.24, 2.45) is 11.1 Å². The van der Waals surface area contributed by atoms with E-state index in [0.717, 1.165) is 0 Å². The summed E-state index contributed by atoms with van der Waals surface area (Å²) in [6.07, 6.45) is -14.0. The van der Waals surface area contributed by atoms with Crippen molar-refractivity contribution in [3.8, 4) is 0 Å². The first-order chi connectivity index (χ1) is 7.96. The number of ether oxygens (including phenoxy) is 1. The van der Waals surface area contributed by atoms with Crippen molar-refractivity contribution in [3.63, 3.8) is 0 Å². The lowest BCUT2D eigenvalue weighted by molar-refractivity contribution is -0.324. The Labute approximate surface area is 98.8 Å². The Hall–Kier alpha value is -0.990. The van der Waals surface area contributed by atoms with Gasteiger partial charge in [0.05, 0.1) is 12.4 Å². The topological polar surface area (TPSA) is 59.1 Å². The molecule has 0 aromatic heterocycles. The molecule has 9 heteroatoms. The highest BCUT2D eigenvalue weighted by Gasteiger charge is 2.59. The molecule has 0 saturated heterocycles. The second kappa shape index (κ2) is 4.60. The van der Waals surface area contributed by atoms with Crippen LogP contribution in [-0.4, -0.2) is 30.9 Å². The van der Waals surface area contributed by atoms with E-state index in [1.54, 1.807) is 0 Å². The first kappa shape index (κ1) is 15.1. The second-order valence-corrected chi connectivity index (χ2v) is 4.48. The van der Waals surface area contributed by atoms with Gasteiger partial charge in [-0.25, -0.2) is 0 Å². The van der Waals surface area contributed by atoms with Gasteiger partial charge in [-0.05, 0) is 12.8 Å². The molecule has 0 radical (unpaired) electrons. The highest BCUT2D eigenvalue weighted by Crippen LogP contribution is 2.50. The number of alkyl halides is 6. The summed E-state index contributed by atoms with van der Waals surface area (Å²) in [7, 11) is 0. The predicted molar refractivity (Wildman–Crippen MR) is 50.0 cm³/mol. The largest absolute Gasteiger partial charge is 0.423 e. The van der Waals surface area contributed by atoms with Crippen molar-refractivity contribution in [1.29, 1.82) is 5.41 Å². The van der Waals surface area contributed by atoms with Crippen LogP contribution in [0.25, 0.3) is 0 Å². The van der Waals surface area contributed by atoms with Gasteiger partial charge in [0.1, 0.15) is 0 Å². The molecule has 0 aliphatic heterocycles. The molecular weight excluding hydrogens is 266 g/mol. The van der Waals surface area contributed by atoms with Crippen LogP contribution in [0.2, 0.25) is 0 Å². The third-order valence-electron chi connectivity index (χ3n) is 2.67. The van der Waals surface area contributed by atoms with Crippen LogP contribution in [0.4, 0.5) is 26.3 Å². The molecule has 0 aromatic rings. The number of nitrogens with one attached hydrogen (secondary N) is 1. The fourth-order valence-electron chi connectivity index (χ4n) is 1.59. The molecule has 1 rings (SSSR count). The van der Waals surface area contributed by atoms with Gasteiger partial charge in [0.2, 0.25) is 6.10 Å².